The van der Waals surface area contributed by atoms with Gasteiger partial charge in [0.25, 0.3) is 0 Å². The summed E-state index contributed by atoms with van der Waals surface area (Å²) in [4.78, 5) is 13.6. The van der Waals surface area contributed by atoms with Gasteiger partial charge in [-0.15, -0.1) is 0 Å². The maximum Gasteiger partial charge on any atom is 0.231 e. The maximum atomic E-state index is 6.16. The second-order valence-corrected chi connectivity index (χ2v) is 8.53. The molecular formula is C24H35N5O3. The lowest BCUT2D eigenvalue weighted by molar-refractivity contribution is 0.0687. The molecule has 3 heterocycles. The van der Waals surface area contributed by atoms with Gasteiger partial charge in [0.15, 0.2) is 11.5 Å². The number of benzene rings is 1. The van der Waals surface area contributed by atoms with Crippen LogP contribution in [0.2, 0.25) is 0 Å². The molecule has 1 aromatic heterocycles. The molecule has 2 saturated heterocycles. The highest BCUT2D eigenvalue weighted by Crippen LogP contribution is 2.35. The number of hydrogen-bond donors (Lipinski definition) is 1. The van der Waals surface area contributed by atoms with Gasteiger partial charge in [-0.3, -0.25) is 0 Å². The minimum atomic E-state index is 0.457. The molecule has 32 heavy (non-hydrogen) atoms. The zero-order valence-electron chi connectivity index (χ0n) is 19.0. The number of aromatic nitrogens is 2. The van der Waals surface area contributed by atoms with Crippen molar-refractivity contribution in [2.45, 2.75) is 32.1 Å². The van der Waals surface area contributed by atoms with E-state index in [0.717, 1.165) is 62.8 Å². The third kappa shape index (κ3) is 6.01. The molecule has 0 bridgehead atoms. The Hall–Kier alpha value is -2.58. The maximum absolute atomic E-state index is 6.16. The topological polar surface area (TPSA) is 86.0 Å². The van der Waals surface area contributed by atoms with Gasteiger partial charge in [0.1, 0.15) is 5.82 Å². The van der Waals surface area contributed by atoms with Crippen LogP contribution in [-0.4, -0.2) is 68.0 Å². The Kier molecular flexibility index (Phi) is 8.01. The lowest BCUT2D eigenvalue weighted by Crippen LogP contribution is -2.30. The van der Waals surface area contributed by atoms with Crippen molar-refractivity contribution in [1.82, 2.24) is 14.9 Å². The molecule has 2 aliphatic heterocycles. The van der Waals surface area contributed by atoms with Crippen molar-refractivity contribution in [3.05, 3.63) is 30.5 Å². The molecule has 174 valence electrons. The summed E-state index contributed by atoms with van der Waals surface area (Å²) in [6.07, 6.45) is 7.37. The molecule has 1 aromatic carbocycles. The first-order valence-corrected chi connectivity index (χ1v) is 11.7. The first-order chi connectivity index (χ1) is 15.7. The molecule has 8 nitrogen and oxygen atoms in total. The van der Waals surface area contributed by atoms with Crippen LogP contribution in [0, 0.1) is 5.92 Å². The summed E-state index contributed by atoms with van der Waals surface area (Å²) < 4.78 is 17.3. The van der Waals surface area contributed by atoms with Crippen LogP contribution in [0.5, 0.6) is 11.5 Å². The number of hydrogen-bond acceptors (Lipinski definition) is 8. The molecule has 2 aromatic rings. The average Bonchev–Trinajstić information content (AvgIpc) is 3.34. The molecule has 0 saturated carbocycles. The van der Waals surface area contributed by atoms with Gasteiger partial charge in [-0.1, -0.05) is 0 Å². The van der Waals surface area contributed by atoms with Crippen molar-refractivity contribution in [2.24, 2.45) is 5.92 Å². The quantitative estimate of drug-likeness (QED) is 0.561. The molecule has 0 atom stereocenters. The zero-order chi connectivity index (χ0) is 22.2. The molecule has 4 rings (SSSR count). The fourth-order valence-electron chi connectivity index (χ4n) is 4.40. The van der Waals surface area contributed by atoms with E-state index in [0.29, 0.717) is 24.3 Å². The number of anilines is 3. The molecule has 0 spiro atoms. The highest BCUT2D eigenvalue weighted by molar-refractivity contribution is 5.63. The van der Waals surface area contributed by atoms with E-state index in [-0.39, 0.29) is 0 Å². The van der Waals surface area contributed by atoms with E-state index >= 15 is 0 Å². The predicted molar refractivity (Wildman–Crippen MR) is 126 cm³/mol. The summed E-state index contributed by atoms with van der Waals surface area (Å²) in [5.74, 6) is 3.03. The number of nitrogen functional groups attached to an aromatic ring is 1. The van der Waals surface area contributed by atoms with Gasteiger partial charge < -0.3 is 29.7 Å². The number of nitrogens with two attached hydrogens (primary N) is 1. The zero-order valence-corrected chi connectivity index (χ0v) is 19.0. The fraction of sp³-hybridized carbons (Fsp3) is 0.583. The van der Waals surface area contributed by atoms with E-state index in [1.54, 1.807) is 19.4 Å². The van der Waals surface area contributed by atoms with E-state index in [2.05, 4.69) is 19.8 Å². The van der Waals surface area contributed by atoms with E-state index in [1.807, 2.05) is 18.2 Å². The molecular weight excluding hydrogens is 406 g/mol. The van der Waals surface area contributed by atoms with Gasteiger partial charge in [0.05, 0.1) is 13.7 Å². The largest absolute Gasteiger partial charge is 0.493 e. The normalized spacial score (nSPS) is 17.4. The van der Waals surface area contributed by atoms with Gasteiger partial charge in [0.2, 0.25) is 5.95 Å². The summed E-state index contributed by atoms with van der Waals surface area (Å²) in [5.41, 5.74) is 6.94. The average molecular weight is 442 g/mol. The van der Waals surface area contributed by atoms with Gasteiger partial charge in [-0.25, -0.2) is 4.98 Å². The number of methoxy groups -OCH3 is 1. The van der Waals surface area contributed by atoms with Crippen LogP contribution >= 0.6 is 0 Å². The highest BCUT2D eigenvalue weighted by Gasteiger charge is 2.22. The first kappa shape index (κ1) is 22.6. The van der Waals surface area contributed by atoms with Crippen molar-refractivity contribution in [1.29, 1.82) is 0 Å². The van der Waals surface area contributed by atoms with Gasteiger partial charge in [0, 0.05) is 44.3 Å². The van der Waals surface area contributed by atoms with Crippen LogP contribution in [0.25, 0.3) is 0 Å². The molecule has 0 radical (unpaired) electrons. The van der Waals surface area contributed by atoms with Crippen molar-refractivity contribution < 1.29 is 14.2 Å². The molecule has 2 N–H and O–H groups in total. The number of ether oxygens (including phenoxy) is 3. The lowest BCUT2D eigenvalue weighted by atomic mass is 9.99. The van der Waals surface area contributed by atoms with Crippen LogP contribution in [0.15, 0.2) is 30.5 Å². The molecule has 2 fully saturated rings. The van der Waals surface area contributed by atoms with Crippen LogP contribution in [-0.2, 0) is 4.74 Å². The Morgan fingerprint density at radius 2 is 1.97 bits per heavy atom. The number of rotatable bonds is 10. The second kappa shape index (κ2) is 11.3. The van der Waals surface area contributed by atoms with Crippen LogP contribution in [0.3, 0.4) is 0 Å². The first-order valence-electron chi connectivity index (χ1n) is 11.7. The van der Waals surface area contributed by atoms with Gasteiger partial charge in [-0.2, -0.15) is 4.98 Å². The molecule has 0 aliphatic carbocycles. The molecule has 8 heteroatoms. The van der Waals surface area contributed by atoms with E-state index in [4.69, 9.17) is 19.9 Å². The van der Waals surface area contributed by atoms with Crippen molar-refractivity contribution in [3.63, 3.8) is 0 Å². The molecule has 2 aliphatic rings. The monoisotopic (exact) mass is 441 g/mol. The Labute approximate surface area is 190 Å². The summed E-state index contributed by atoms with van der Waals surface area (Å²) in [5, 5.41) is 0. The Bertz CT molecular complexity index is 853. The second-order valence-electron chi connectivity index (χ2n) is 8.53. The summed E-state index contributed by atoms with van der Waals surface area (Å²) in [7, 11) is 1.67. The minimum absolute atomic E-state index is 0.457. The van der Waals surface area contributed by atoms with E-state index in [1.165, 1.54) is 25.9 Å². The standard InChI is InChI=1S/C24H35N5O3/c1-30-21-6-5-20(17-22(21)32-14-4-13-28-11-2-3-12-28)29(18-19-8-15-31-16-9-19)24-26-10-7-23(25)27-24/h5-7,10,17,19H,2-4,8-9,11-16,18H2,1H3,(H2,25,26,27). The SMILES string of the molecule is COc1ccc(N(CC2CCOCC2)c2nccc(N)n2)cc1OCCCN1CCCC1. The van der Waals surface area contributed by atoms with Crippen molar-refractivity contribution in [3.8, 4) is 11.5 Å². The predicted octanol–water partition coefficient (Wildman–Crippen LogP) is 3.50. The van der Waals surface area contributed by atoms with Gasteiger partial charge >= 0.3 is 0 Å². The van der Waals surface area contributed by atoms with Crippen LogP contribution in [0.1, 0.15) is 32.1 Å². The molecule has 0 unspecified atom stereocenters. The summed E-state index contributed by atoms with van der Waals surface area (Å²) in [6, 6.07) is 7.72. The van der Waals surface area contributed by atoms with Crippen molar-refractivity contribution in [2.75, 3.05) is 63.7 Å². The Morgan fingerprint density at radius 3 is 2.72 bits per heavy atom. The van der Waals surface area contributed by atoms with Crippen LogP contribution in [0.4, 0.5) is 17.5 Å². The van der Waals surface area contributed by atoms with Crippen LogP contribution < -0.4 is 20.1 Å². The number of nitrogens with zero attached hydrogens (tertiary/aromatic N) is 4. The minimum Gasteiger partial charge on any atom is -0.493 e. The summed E-state index contributed by atoms with van der Waals surface area (Å²) in [6.45, 7) is 6.54. The van der Waals surface area contributed by atoms with E-state index < -0.39 is 0 Å². The lowest BCUT2D eigenvalue weighted by Gasteiger charge is -2.30. The smallest absolute Gasteiger partial charge is 0.231 e. The fourth-order valence-corrected chi connectivity index (χ4v) is 4.40. The highest BCUT2D eigenvalue weighted by atomic mass is 16.5. The van der Waals surface area contributed by atoms with Crippen molar-refractivity contribution >= 4 is 17.5 Å². The summed E-state index contributed by atoms with van der Waals surface area (Å²) >= 11 is 0. The molecule has 0 amide bonds. The van der Waals surface area contributed by atoms with E-state index in [9.17, 15) is 0 Å². The Balaban J connectivity index is 1.50. The third-order valence-electron chi connectivity index (χ3n) is 6.22. The van der Waals surface area contributed by atoms with Gasteiger partial charge in [-0.05, 0) is 69.3 Å². The Morgan fingerprint density at radius 1 is 1.16 bits per heavy atom. The number of likely N-dealkylation sites (tertiary alicyclic amines) is 1. The third-order valence-corrected chi connectivity index (χ3v) is 6.22.